The van der Waals surface area contributed by atoms with Gasteiger partial charge in [0.15, 0.2) is 0 Å². The van der Waals surface area contributed by atoms with Gasteiger partial charge >= 0.3 is 19.5 Å². The molecule has 0 spiro atoms. The molecule has 240 valence electrons. The topological polar surface area (TPSA) is 77.3 Å². The first kappa shape index (κ1) is 33.6. The predicted octanol–water partition coefficient (Wildman–Crippen LogP) is 10.2. The molecule has 6 heterocycles. The van der Waals surface area contributed by atoms with Gasteiger partial charge in [0.2, 0.25) is 0 Å². The van der Waals surface area contributed by atoms with Crippen LogP contribution < -0.4 is 0 Å². The molecule has 0 aliphatic heterocycles. The molecular weight excluding hydrogens is 690 g/mol. The first-order valence-electron chi connectivity index (χ1n) is 16.1. The van der Waals surface area contributed by atoms with Crippen molar-refractivity contribution in [3.8, 4) is 0 Å². The molecular formula is C42H36N6Ru+2. The molecule has 0 amide bonds. The van der Waals surface area contributed by atoms with E-state index in [0.29, 0.717) is 0 Å². The average Bonchev–Trinajstić information content (AvgIpc) is 3.15. The zero-order chi connectivity index (χ0) is 33.4. The largest absolute Gasteiger partial charge is 2.00 e. The number of benzene rings is 3. The molecule has 0 unspecified atom stereocenters. The number of aryl methyl sites for hydroxylation is 6. The van der Waals surface area contributed by atoms with Crippen molar-refractivity contribution in [3.05, 3.63) is 143 Å². The average molecular weight is 726 g/mol. The second-order valence-electron chi connectivity index (χ2n) is 12.1. The van der Waals surface area contributed by atoms with Crippen LogP contribution in [0.5, 0.6) is 0 Å². The molecule has 0 N–H and O–H groups in total. The predicted molar refractivity (Wildman–Crippen MR) is 200 cm³/mol. The van der Waals surface area contributed by atoms with Crippen LogP contribution in [0.1, 0.15) is 33.4 Å². The first-order chi connectivity index (χ1) is 23.4. The van der Waals surface area contributed by atoms with Crippen molar-refractivity contribution in [2.24, 2.45) is 0 Å². The van der Waals surface area contributed by atoms with Crippen molar-refractivity contribution < 1.29 is 19.5 Å². The molecule has 0 atom stereocenters. The Hall–Kier alpha value is -5.26. The second kappa shape index (κ2) is 14.1. The molecule has 9 rings (SSSR count). The van der Waals surface area contributed by atoms with Crippen molar-refractivity contribution >= 4 is 65.4 Å². The van der Waals surface area contributed by atoms with E-state index in [-0.39, 0.29) is 19.5 Å². The van der Waals surface area contributed by atoms with Crippen LogP contribution in [0.4, 0.5) is 0 Å². The number of hydrogen-bond acceptors (Lipinski definition) is 6. The van der Waals surface area contributed by atoms with Crippen molar-refractivity contribution in [3.63, 3.8) is 0 Å². The molecule has 0 saturated carbocycles. The molecule has 0 saturated heterocycles. The van der Waals surface area contributed by atoms with Gasteiger partial charge in [-0.25, -0.2) is 0 Å². The maximum absolute atomic E-state index is 4.45. The molecule has 6 aromatic heterocycles. The molecule has 0 fully saturated rings. The summed E-state index contributed by atoms with van der Waals surface area (Å²) in [5, 5.41) is 7.20. The zero-order valence-electron chi connectivity index (χ0n) is 28.4. The molecule has 0 aliphatic carbocycles. The molecule has 6 nitrogen and oxygen atoms in total. The third-order valence-corrected chi connectivity index (χ3v) is 9.63. The van der Waals surface area contributed by atoms with Crippen LogP contribution in [0.3, 0.4) is 0 Å². The van der Waals surface area contributed by atoms with Crippen molar-refractivity contribution in [2.45, 2.75) is 41.5 Å². The fraction of sp³-hybridized carbons (Fsp3) is 0.143. The Labute approximate surface area is 298 Å². The fourth-order valence-electron chi connectivity index (χ4n) is 6.59. The van der Waals surface area contributed by atoms with E-state index in [1.807, 2.05) is 73.6 Å². The fourth-order valence-corrected chi connectivity index (χ4v) is 6.59. The van der Waals surface area contributed by atoms with E-state index in [9.17, 15) is 0 Å². The smallest absolute Gasteiger partial charge is 0.254 e. The third kappa shape index (κ3) is 6.00. The van der Waals surface area contributed by atoms with Crippen LogP contribution in [0.15, 0.2) is 110 Å². The summed E-state index contributed by atoms with van der Waals surface area (Å²) in [5.41, 5.74) is 13.8. The van der Waals surface area contributed by atoms with Gasteiger partial charge in [-0.15, -0.1) is 0 Å². The summed E-state index contributed by atoms with van der Waals surface area (Å²) in [4.78, 5) is 26.7. The Balaban J connectivity index is 0.000000126. The van der Waals surface area contributed by atoms with E-state index in [4.69, 9.17) is 0 Å². The Bertz CT molecular complexity index is 2180. The van der Waals surface area contributed by atoms with E-state index in [1.54, 1.807) is 0 Å². The van der Waals surface area contributed by atoms with Gasteiger partial charge < -0.3 is 0 Å². The van der Waals surface area contributed by atoms with Gasteiger partial charge in [-0.1, -0.05) is 36.4 Å². The van der Waals surface area contributed by atoms with E-state index < -0.39 is 0 Å². The standard InChI is InChI=1S/3C14H12N2.Ru/c3*1-9-10(2)12-6-4-8-16-14(12)13-11(9)5-3-7-15-13;/h3*3-8H,1-2H3;/q;;;+2. The molecule has 0 bridgehead atoms. The van der Waals surface area contributed by atoms with Gasteiger partial charge in [-0.05, 0) is 111 Å². The number of rotatable bonds is 0. The minimum atomic E-state index is 0. The van der Waals surface area contributed by atoms with Gasteiger partial charge in [-0.2, -0.15) is 0 Å². The van der Waals surface area contributed by atoms with Gasteiger partial charge in [-0.3, -0.25) is 29.9 Å². The minimum absolute atomic E-state index is 0. The Morgan fingerprint density at radius 3 is 0.551 bits per heavy atom. The summed E-state index contributed by atoms with van der Waals surface area (Å²) in [5.74, 6) is 0. The van der Waals surface area contributed by atoms with E-state index in [1.165, 1.54) is 65.7 Å². The van der Waals surface area contributed by atoms with E-state index >= 15 is 0 Å². The molecule has 9 aromatic rings. The monoisotopic (exact) mass is 726 g/mol. The van der Waals surface area contributed by atoms with Crippen LogP contribution in [-0.4, -0.2) is 29.9 Å². The number of hydrogen-bond donors (Lipinski definition) is 0. The minimum Gasteiger partial charge on any atom is -0.254 e. The van der Waals surface area contributed by atoms with Crippen LogP contribution in [0.2, 0.25) is 0 Å². The molecule has 0 aliphatic rings. The summed E-state index contributed by atoms with van der Waals surface area (Å²) >= 11 is 0. The second-order valence-corrected chi connectivity index (χ2v) is 12.1. The van der Waals surface area contributed by atoms with Crippen molar-refractivity contribution in [1.82, 2.24) is 29.9 Å². The zero-order valence-corrected chi connectivity index (χ0v) is 30.2. The molecule has 0 radical (unpaired) electrons. The van der Waals surface area contributed by atoms with E-state index in [0.717, 1.165) is 33.1 Å². The number of nitrogens with zero attached hydrogens (tertiary/aromatic N) is 6. The van der Waals surface area contributed by atoms with Gasteiger partial charge in [0.05, 0.1) is 33.1 Å². The van der Waals surface area contributed by atoms with Crippen LogP contribution >= 0.6 is 0 Å². The summed E-state index contributed by atoms with van der Waals surface area (Å²) in [6, 6.07) is 24.5. The first-order valence-corrected chi connectivity index (χ1v) is 16.1. The van der Waals surface area contributed by atoms with Crippen LogP contribution in [-0.2, 0) is 19.5 Å². The Kier molecular flexibility index (Phi) is 9.66. The Morgan fingerprint density at radius 2 is 0.408 bits per heavy atom. The maximum Gasteiger partial charge on any atom is 2.00 e. The summed E-state index contributed by atoms with van der Waals surface area (Å²) in [7, 11) is 0. The molecule has 7 heteroatoms. The van der Waals surface area contributed by atoms with Gasteiger partial charge in [0, 0.05) is 69.5 Å². The van der Waals surface area contributed by atoms with Gasteiger partial charge in [0.25, 0.3) is 0 Å². The normalized spacial score (nSPS) is 10.9. The van der Waals surface area contributed by atoms with E-state index in [2.05, 4.69) is 108 Å². The summed E-state index contributed by atoms with van der Waals surface area (Å²) in [6.45, 7) is 12.9. The third-order valence-electron chi connectivity index (χ3n) is 9.63. The van der Waals surface area contributed by atoms with Crippen molar-refractivity contribution in [2.75, 3.05) is 0 Å². The summed E-state index contributed by atoms with van der Waals surface area (Å²) < 4.78 is 0. The van der Waals surface area contributed by atoms with Crippen LogP contribution in [0, 0.1) is 41.5 Å². The van der Waals surface area contributed by atoms with Gasteiger partial charge in [0.1, 0.15) is 0 Å². The molecule has 3 aromatic carbocycles. The number of pyridine rings is 6. The van der Waals surface area contributed by atoms with Crippen molar-refractivity contribution in [1.29, 1.82) is 0 Å². The Morgan fingerprint density at radius 1 is 0.265 bits per heavy atom. The van der Waals surface area contributed by atoms with Crippen LogP contribution in [0.25, 0.3) is 65.4 Å². The number of fused-ring (bicyclic) bond motifs is 9. The maximum atomic E-state index is 4.45. The quantitative estimate of drug-likeness (QED) is 0.114. The molecule has 49 heavy (non-hydrogen) atoms. The number of aromatic nitrogens is 6. The SMILES string of the molecule is Cc1c(C)c2cccnc2c2ncccc12.Cc1c(C)c2cccnc2c2ncccc12.Cc1c(C)c2cccnc2c2ncccc12.[Ru+2]. The summed E-state index contributed by atoms with van der Waals surface area (Å²) in [6.07, 6.45) is 10.9.